The lowest BCUT2D eigenvalue weighted by molar-refractivity contribution is 0.112. The van der Waals surface area contributed by atoms with Crippen LogP contribution in [0.15, 0.2) is 78.9 Å². The molecule has 0 aliphatic rings. The van der Waals surface area contributed by atoms with Crippen molar-refractivity contribution >= 4 is 6.29 Å². The van der Waals surface area contributed by atoms with Crippen molar-refractivity contribution < 1.29 is 9.53 Å². The van der Waals surface area contributed by atoms with E-state index in [-0.39, 0.29) is 0 Å². The van der Waals surface area contributed by atoms with Crippen LogP contribution in [0.2, 0.25) is 0 Å². The highest BCUT2D eigenvalue weighted by atomic mass is 16.5. The summed E-state index contributed by atoms with van der Waals surface area (Å²) in [5.41, 5.74) is 3.88. The van der Waals surface area contributed by atoms with Gasteiger partial charge in [-0.1, -0.05) is 72.8 Å². The predicted octanol–water partition coefficient (Wildman–Crippen LogP) is 4.67. The van der Waals surface area contributed by atoms with E-state index < -0.39 is 0 Å². The number of rotatable bonds is 6. The van der Waals surface area contributed by atoms with E-state index in [0.717, 1.165) is 28.7 Å². The molecule has 0 aliphatic heterocycles. The van der Waals surface area contributed by atoms with E-state index in [9.17, 15) is 4.79 Å². The van der Waals surface area contributed by atoms with Gasteiger partial charge in [-0.05, 0) is 17.2 Å². The SMILES string of the molecule is O=Cc1cccc(OCc2ccccc2)c1Cc1ccccc1. The van der Waals surface area contributed by atoms with Gasteiger partial charge in [0.05, 0.1) is 0 Å². The number of benzene rings is 3. The molecule has 0 spiro atoms. The van der Waals surface area contributed by atoms with Gasteiger partial charge in [0.25, 0.3) is 0 Å². The maximum atomic E-state index is 11.4. The molecule has 0 aliphatic carbocycles. The van der Waals surface area contributed by atoms with Crippen LogP contribution in [0.3, 0.4) is 0 Å². The normalized spacial score (nSPS) is 10.3. The van der Waals surface area contributed by atoms with E-state index in [4.69, 9.17) is 4.74 Å². The lowest BCUT2D eigenvalue weighted by atomic mass is 9.99. The van der Waals surface area contributed by atoms with Crippen LogP contribution in [0.5, 0.6) is 5.75 Å². The summed E-state index contributed by atoms with van der Waals surface area (Å²) in [5.74, 6) is 0.766. The van der Waals surface area contributed by atoms with Crippen LogP contribution >= 0.6 is 0 Å². The molecule has 0 aromatic heterocycles. The van der Waals surface area contributed by atoms with Crippen LogP contribution in [0.25, 0.3) is 0 Å². The van der Waals surface area contributed by atoms with Crippen LogP contribution < -0.4 is 4.74 Å². The van der Waals surface area contributed by atoms with Crippen LogP contribution in [-0.4, -0.2) is 6.29 Å². The molecule has 3 aromatic rings. The Bertz CT molecular complexity index is 764. The molecule has 0 saturated heterocycles. The molecular weight excluding hydrogens is 284 g/mol. The minimum Gasteiger partial charge on any atom is -0.489 e. The first-order valence-corrected chi connectivity index (χ1v) is 7.64. The van der Waals surface area contributed by atoms with E-state index in [1.807, 2.05) is 66.7 Å². The zero-order valence-corrected chi connectivity index (χ0v) is 12.8. The van der Waals surface area contributed by atoms with Crippen molar-refractivity contribution in [3.05, 3.63) is 101 Å². The highest BCUT2D eigenvalue weighted by molar-refractivity contribution is 5.79. The van der Waals surface area contributed by atoms with Crippen LogP contribution in [0.4, 0.5) is 0 Å². The lowest BCUT2D eigenvalue weighted by Gasteiger charge is -2.14. The summed E-state index contributed by atoms with van der Waals surface area (Å²) in [4.78, 5) is 11.4. The highest BCUT2D eigenvalue weighted by Crippen LogP contribution is 2.25. The number of carbonyl (C=O) groups is 1. The first-order chi connectivity index (χ1) is 11.4. The lowest BCUT2D eigenvalue weighted by Crippen LogP contribution is -2.02. The average molecular weight is 302 g/mol. The minimum atomic E-state index is 0.491. The second-order valence-electron chi connectivity index (χ2n) is 5.38. The predicted molar refractivity (Wildman–Crippen MR) is 91.9 cm³/mol. The van der Waals surface area contributed by atoms with Crippen molar-refractivity contribution in [1.29, 1.82) is 0 Å². The van der Waals surface area contributed by atoms with Crippen molar-refractivity contribution in [3.63, 3.8) is 0 Å². The maximum absolute atomic E-state index is 11.4. The molecule has 23 heavy (non-hydrogen) atoms. The van der Waals surface area contributed by atoms with Gasteiger partial charge in [0.1, 0.15) is 18.6 Å². The van der Waals surface area contributed by atoms with Gasteiger partial charge in [-0.15, -0.1) is 0 Å². The van der Waals surface area contributed by atoms with Gasteiger partial charge < -0.3 is 4.74 Å². The third-order valence-electron chi connectivity index (χ3n) is 3.76. The van der Waals surface area contributed by atoms with Crippen LogP contribution in [-0.2, 0) is 13.0 Å². The quantitative estimate of drug-likeness (QED) is 0.619. The molecule has 0 atom stereocenters. The molecule has 0 radical (unpaired) electrons. The second-order valence-corrected chi connectivity index (χ2v) is 5.38. The topological polar surface area (TPSA) is 26.3 Å². The van der Waals surface area contributed by atoms with Crippen LogP contribution in [0.1, 0.15) is 27.0 Å². The summed E-state index contributed by atoms with van der Waals surface area (Å²) in [7, 11) is 0. The molecule has 0 N–H and O–H groups in total. The molecule has 114 valence electrons. The summed E-state index contributed by atoms with van der Waals surface area (Å²) < 4.78 is 5.98. The smallest absolute Gasteiger partial charge is 0.150 e. The first kappa shape index (κ1) is 15.0. The molecular formula is C21H18O2. The van der Waals surface area contributed by atoms with Gasteiger partial charge in [-0.3, -0.25) is 4.79 Å². The van der Waals surface area contributed by atoms with E-state index in [2.05, 4.69) is 12.1 Å². The Balaban J connectivity index is 1.85. The molecule has 0 bridgehead atoms. The van der Waals surface area contributed by atoms with Gasteiger partial charge >= 0.3 is 0 Å². The van der Waals surface area contributed by atoms with Gasteiger partial charge in [-0.25, -0.2) is 0 Å². The van der Waals surface area contributed by atoms with Gasteiger partial charge in [-0.2, -0.15) is 0 Å². The van der Waals surface area contributed by atoms with E-state index in [1.54, 1.807) is 0 Å². The Morgan fingerprint density at radius 2 is 1.39 bits per heavy atom. The first-order valence-electron chi connectivity index (χ1n) is 7.64. The molecule has 0 unspecified atom stereocenters. The molecule has 0 heterocycles. The fraction of sp³-hybridized carbons (Fsp3) is 0.0952. The molecule has 0 fully saturated rings. The van der Waals surface area contributed by atoms with Gasteiger partial charge in [0, 0.05) is 17.5 Å². The number of hydrogen-bond donors (Lipinski definition) is 0. The van der Waals surface area contributed by atoms with Crippen molar-refractivity contribution in [2.45, 2.75) is 13.0 Å². The number of carbonyl (C=O) groups excluding carboxylic acids is 1. The zero-order chi connectivity index (χ0) is 15.9. The fourth-order valence-corrected chi connectivity index (χ4v) is 2.55. The van der Waals surface area contributed by atoms with E-state index in [0.29, 0.717) is 18.6 Å². The average Bonchev–Trinajstić information content (AvgIpc) is 2.62. The van der Waals surface area contributed by atoms with Gasteiger partial charge in [0.15, 0.2) is 0 Å². The fourth-order valence-electron chi connectivity index (χ4n) is 2.55. The van der Waals surface area contributed by atoms with Crippen molar-refractivity contribution in [2.24, 2.45) is 0 Å². The summed E-state index contributed by atoms with van der Waals surface area (Å²) in [6, 6.07) is 25.8. The molecule has 3 rings (SSSR count). The van der Waals surface area contributed by atoms with E-state index in [1.165, 1.54) is 0 Å². The summed E-state index contributed by atoms with van der Waals surface area (Å²) in [6.07, 6.45) is 1.58. The minimum absolute atomic E-state index is 0.491. The maximum Gasteiger partial charge on any atom is 0.150 e. The standard InChI is InChI=1S/C21H18O2/c22-15-19-12-7-13-21(23-16-18-10-5-2-6-11-18)20(19)14-17-8-3-1-4-9-17/h1-13,15H,14,16H2. The molecule has 2 nitrogen and oxygen atoms in total. The monoisotopic (exact) mass is 302 g/mol. The third kappa shape index (κ3) is 3.86. The highest BCUT2D eigenvalue weighted by Gasteiger charge is 2.10. The number of ether oxygens (including phenoxy) is 1. The summed E-state index contributed by atoms with van der Waals surface area (Å²) in [6.45, 7) is 0.491. The van der Waals surface area contributed by atoms with Gasteiger partial charge in [0.2, 0.25) is 0 Å². The Kier molecular flexibility index (Phi) is 4.85. The van der Waals surface area contributed by atoms with E-state index >= 15 is 0 Å². The van der Waals surface area contributed by atoms with Crippen molar-refractivity contribution in [1.82, 2.24) is 0 Å². The summed E-state index contributed by atoms with van der Waals surface area (Å²) >= 11 is 0. The third-order valence-corrected chi connectivity index (χ3v) is 3.76. The number of hydrogen-bond acceptors (Lipinski definition) is 2. The molecule has 0 amide bonds. The number of aldehydes is 1. The Morgan fingerprint density at radius 1 is 0.739 bits per heavy atom. The second kappa shape index (κ2) is 7.41. The molecule has 0 saturated carbocycles. The van der Waals surface area contributed by atoms with Crippen LogP contribution in [0, 0.1) is 0 Å². The summed E-state index contributed by atoms with van der Waals surface area (Å²) in [5, 5.41) is 0. The zero-order valence-electron chi connectivity index (χ0n) is 12.8. The largest absolute Gasteiger partial charge is 0.489 e. The van der Waals surface area contributed by atoms with Crippen molar-refractivity contribution in [3.8, 4) is 5.75 Å². The molecule has 2 heteroatoms. The Hall–Kier alpha value is -2.87. The Morgan fingerprint density at radius 3 is 2.04 bits per heavy atom. The van der Waals surface area contributed by atoms with Crippen molar-refractivity contribution in [2.75, 3.05) is 0 Å². The molecule has 3 aromatic carbocycles. The Labute approximate surface area is 136 Å².